The second-order valence-corrected chi connectivity index (χ2v) is 5.48. The molecule has 1 aliphatic carbocycles. The normalized spacial score (nSPS) is 17.3. The average Bonchev–Trinajstić information content (AvgIpc) is 3.09. The summed E-state index contributed by atoms with van der Waals surface area (Å²) in [5.41, 5.74) is 3.98. The van der Waals surface area contributed by atoms with Crippen LogP contribution in [-0.2, 0) is 13.0 Å². The highest BCUT2D eigenvalue weighted by Gasteiger charge is 2.24. The van der Waals surface area contributed by atoms with Gasteiger partial charge in [-0.25, -0.2) is 9.37 Å². The smallest absolute Gasteiger partial charge is 0.126 e. The molecule has 1 heterocycles. The minimum Gasteiger partial charge on any atom is -0.341 e. The first-order valence-electron chi connectivity index (χ1n) is 7.25. The van der Waals surface area contributed by atoms with E-state index in [1.54, 1.807) is 12.1 Å². The van der Waals surface area contributed by atoms with Gasteiger partial charge in [-0.1, -0.05) is 24.3 Å². The number of nitrogens with zero attached hydrogens (tertiary/aromatic N) is 1. The number of hydrogen-bond acceptors (Lipinski definition) is 2. The molecule has 0 spiro atoms. The minimum atomic E-state index is -0.0828. The van der Waals surface area contributed by atoms with Crippen LogP contribution in [0.1, 0.15) is 29.4 Å². The number of hydrogen-bond donors (Lipinski definition) is 2. The van der Waals surface area contributed by atoms with E-state index < -0.39 is 0 Å². The lowest BCUT2D eigenvalue weighted by Crippen LogP contribution is -2.19. The molecular weight excluding hydrogens is 265 g/mol. The number of benzene rings is 2. The first-order valence-corrected chi connectivity index (χ1v) is 7.25. The second-order valence-electron chi connectivity index (χ2n) is 5.48. The number of nitrogens with one attached hydrogen (secondary N) is 2. The van der Waals surface area contributed by atoms with Gasteiger partial charge in [-0.3, -0.25) is 0 Å². The van der Waals surface area contributed by atoms with Crippen molar-refractivity contribution in [2.24, 2.45) is 0 Å². The van der Waals surface area contributed by atoms with E-state index in [0.717, 1.165) is 40.8 Å². The minimum absolute atomic E-state index is 0.0828. The molecule has 3 nitrogen and oxygen atoms in total. The fraction of sp³-hybridized carbons (Fsp3) is 0.235. The van der Waals surface area contributed by atoms with Gasteiger partial charge in [0.05, 0.1) is 17.6 Å². The Bertz CT molecular complexity index is 761. The van der Waals surface area contributed by atoms with Crippen LogP contribution in [0.3, 0.4) is 0 Å². The van der Waals surface area contributed by atoms with Gasteiger partial charge in [0.15, 0.2) is 0 Å². The molecule has 1 aliphatic rings. The molecular formula is C17H16FN3. The molecule has 21 heavy (non-hydrogen) atoms. The summed E-state index contributed by atoms with van der Waals surface area (Å²) in [5.74, 6) is 0.835. The maximum Gasteiger partial charge on any atom is 0.126 e. The van der Waals surface area contributed by atoms with E-state index in [1.165, 1.54) is 0 Å². The van der Waals surface area contributed by atoms with Crippen molar-refractivity contribution < 1.29 is 4.39 Å². The number of H-pyrrole nitrogens is 1. The Balaban J connectivity index is 1.52. The van der Waals surface area contributed by atoms with E-state index in [9.17, 15) is 4.39 Å². The summed E-state index contributed by atoms with van der Waals surface area (Å²) in [6.45, 7) is 0.662. The standard InChI is InChI=1S/C17H16FN3/c18-13-5-3-4-12-11(13)8-9-14(12)19-10-17-20-15-6-1-2-7-16(15)21-17/h1-7,14,19H,8-10H2,(H,20,21). The fourth-order valence-corrected chi connectivity index (χ4v) is 3.13. The van der Waals surface area contributed by atoms with Crippen molar-refractivity contribution in [1.29, 1.82) is 0 Å². The number of fused-ring (bicyclic) bond motifs is 2. The molecule has 1 aromatic heterocycles. The molecule has 0 bridgehead atoms. The molecule has 3 aromatic rings. The number of aromatic nitrogens is 2. The summed E-state index contributed by atoms with van der Waals surface area (Å²) in [4.78, 5) is 7.86. The summed E-state index contributed by atoms with van der Waals surface area (Å²) >= 11 is 0. The van der Waals surface area contributed by atoms with Gasteiger partial charge in [0, 0.05) is 6.04 Å². The van der Waals surface area contributed by atoms with E-state index in [1.807, 2.05) is 30.3 Å². The first-order chi connectivity index (χ1) is 10.3. The number of imidazole rings is 1. The van der Waals surface area contributed by atoms with Gasteiger partial charge in [0.25, 0.3) is 0 Å². The SMILES string of the molecule is Fc1cccc2c1CCC2NCc1nc2ccccc2[nH]1. The maximum absolute atomic E-state index is 13.7. The molecule has 0 aliphatic heterocycles. The molecule has 1 atom stereocenters. The van der Waals surface area contributed by atoms with Crippen molar-refractivity contribution in [1.82, 2.24) is 15.3 Å². The Morgan fingerprint density at radius 3 is 3.00 bits per heavy atom. The predicted octanol–water partition coefficient (Wildman–Crippen LogP) is 3.48. The Hall–Kier alpha value is -2.20. The highest BCUT2D eigenvalue weighted by molar-refractivity contribution is 5.74. The van der Waals surface area contributed by atoms with Crippen LogP contribution in [0.5, 0.6) is 0 Å². The average molecular weight is 281 g/mol. The van der Waals surface area contributed by atoms with Crippen molar-refractivity contribution in [2.45, 2.75) is 25.4 Å². The van der Waals surface area contributed by atoms with Crippen LogP contribution in [0.25, 0.3) is 11.0 Å². The molecule has 0 saturated carbocycles. The van der Waals surface area contributed by atoms with Gasteiger partial charge < -0.3 is 10.3 Å². The van der Waals surface area contributed by atoms with E-state index in [2.05, 4.69) is 15.3 Å². The molecule has 0 radical (unpaired) electrons. The lowest BCUT2D eigenvalue weighted by Gasteiger charge is -2.12. The number of halogens is 1. The van der Waals surface area contributed by atoms with E-state index in [-0.39, 0.29) is 11.9 Å². The fourth-order valence-electron chi connectivity index (χ4n) is 3.13. The Labute approximate surface area is 122 Å². The van der Waals surface area contributed by atoms with Gasteiger partial charge in [-0.05, 0) is 42.2 Å². The summed E-state index contributed by atoms with van der Waals surface area (Å²) in [5, 5.41) is 3.48. The van der Waals surface area contributed by atoms with Crippen molar-refractivity contribution in [3.8, 4) is 0 Å². The largest absolute Gasteiger partial charge is 0.341 e. The molecule has 1 unspecified atom stereocenters. The van der Waals surface area contributed by atoms with Crippen molar-refractivity contribution in [3.63, 3.8) is 0 Å². The number of rotatable bonds is 3. The predicted molar refractivity (Wildman–Crippen MR) is 80.4 cm³/mol. The van der Waals surface area contributed by atoms with Crippen molar-refractivity contribution in [2.75, 3.05) is 0 Å². The zero-order valence-electron chi connectivity index (χ0n) is 11.6. The molecule has 4 heteroatoms. The molecule has 0 fully saturated rings. The van der Waals surface area contributed by atoms with Crippen LogP contribution in [0.4, 0.5) is 4.39 Å². The van der Waals surface area contributed by atoms with Crippen LogP contribution in [0.2, 0.25) is 0 Å². The Kier molecular flexibility index (Phi) is 2.97. The highest BCUT2D eigenvalue weighted by Crippen LogP contribution is 2.32. The van der Waals surface area contributed by atoms with Crippen LogP contribution >= 0.6 is 0 Å². The van der Waals surface area contributed by atoms with Gasteiger partial charge in [-0.15, -0.1) is 0 Å². The molecule has 0 saturated heterocycles. The zero-order valence-corrected chi connectivity index (χ0v) is 11.6. The zero-order chi connectivity index (χ0) is 14.2. The lowest BCUT2D eigenvalue weighted by atomic mass is 10.1. The second kappa shape index (κ2) is 4.97. The van der Waals surface area contributed by atoms with Gasteiger partial charge in [-0.2, -0.15) is 0 Å². The third-order valence-corrected chi connectivity index (χ3v) is 4.17. The molecule has 4 rings (SSSR count). The van der Waals surface area contributed by atoms with Crippen LogP contribution in [-0.4, -0.2) is 9.97 Å². The number of aromatic amines is 1. The molecule has 2 aromatic carbocycles. The maximum atomic E-state index is 13.7. The van der Waals surface area contributed by atoms with Crippen LogP contribution in [0.15, 0.2) is 42.5 Å². The van der Waals surface area contributed by atoms with Gasteiger partial charge in [0.2, 0.25) is 0 Å². The molecule has 0 amide bonds. The Morgan fingerprint density at radius 1 is 1.19 bits per heavy atom. The Morgan fingerprint density at radius 2 is 2.10 bits per heavy atom. The van der Waals surface area contributed by atoms with Gasteiger partial charge >= 0.3 is 0 Å². The van der Waals surface area contributed by atoms with Crippen molar-refractivity contribution in [3.05, 3.63) is 65.2 Å². The third kappa shape index (κ3) is 2.21. The van der Waals surface area contributed by atoms with E-state index in [0.29, 0.717) is 6.54 Å². The first kappa shape index (κ1) is 12.5. The molecule has 106 valence electrons. The van der Waals surface area contributed by atoms with Crippen LogP contribution < -0.4 is 5.32 Å². The summed E-state index contributed by atoms with van der Waals surface area (Å²) in [6.07, 6.45) is 1.75. The van der Waals surface area contributed by atoms with E-state index in [4.69, 9.17) is 0 Å². The summed E-state index contributed by atoms with van der Waals surface area (Å²) in [7, 11) is 0. The van der Waals surface area contributed by atoms with E-state index >= 15 is 0 Å². The lowest BCUT2D eigenvalue weighted by molar-refractivity contribution is 0.521. The van der Waals surface area contributed by atoms with Gasteiger partial charge in [0.1, 0.15) is 11.6 Å². The van der Waals surface area contributed by atoms with Crippen LogP contribution in [0, 0.1) is 5.82 Å². The quantitative estimate of drug-likeness (QED) is 0.771. The monoisotopic (exact) mass is 281 g/mol. The summed E-state index contributed by atoms with van der Waals surface area (Å²) in [6, 6.07) is 13.5. The highest BCUT2D eigenvalue weighted by atomic mass is 19.1. The third-order valence-electron chi connectivity index (χ3n) is 4.17. The molecule has 2 N–H and O–H groups in total. The van der Waals surface area contributed by atoms with Crippen molar-refractivity contribution >= 4 is 11.0 Å². The number of para-hydroxylation sites is 2. The summed E-state index contributed by atoms with van der Waals surface area (Å²) < 4.78 is 13.7. The topological polar surface area (TPSA) is 40.7 Å².